The van der Waals surface area contributed by atoms with Crippen molar-refractivity contribution in [3.8, 4) is 23.0 Å². The molecular weight excluding hydrogens is 462 g/mol. The van der Waals surface area contributed by atoms with Crippen molar-refractivity contribution in [3.05, 3.63) is 66.1 Å². The van der Waals surface area contributed by atoms with Gasteiger partial charge in [-0.15, -0.1) is 0 Å². The zero-order chi connectivity index (χ0) is 25.7. The van der Waals surface area contributed by atoms with Gasteiger partial charge in [-0.25, -0.2) is 0 Å². The second-order valence-electron chi connectivity index (χ2n) is 7.84. The van der Waals surface area contributed by atoms with E-state index in [0.29, 0.717) is 50.7 Å². The van der Waals surface area contributed by atoms with Crippen LogP contribution in [0.3, 0.4) is 0 Å². The lowest BCUT2D eigenvalue weighted by molar-refractivity contribution is -0.115. The highest BCUT2D eigenvalue weighted by Gasteiger charge is 2.16. The number of carbonyl (C=O) groups excluding carboxylic acids is 2. The number of anilines is 1. The van der Waals surface area contributed by atoms with E-state index >= 15 is 0 Å². The van der Waals surface area contributed by atoms with Crippen LogP contribution in [-0.2, 0) is 17.8 Å². The van der Waals surface area contributed by atoms with Crippen molar-refractivity contribution in [2.24, 2.45) is 0 Å². The molecule has 2 aromatic heterocycles. The summed E-state index contributed by atoms with van der Waals surface area (Å²) in [6, 6.07) is 10.4. The lowest BCUT2D eigenvalue weighted by Crippen LogP contribution is -2.18. The molecule has 0 bridgehead atoms. The summed E-state index contributed by atoms with van der Waals surface area (Å²) in [5.41, 5.74) is 2.31. The first-order chi connectivity index (χ1) is 17.4. The van der Waals surface area contributed by atoms with Gasteiger partial charge in [-0.3, -0.25) is 19.3 Å². The van der Waals surface area contributed by atoms with E-state index in [9.17, 15) is 9.59 Å². The SMILES string of the molecule is CCn1cc(NC(=O)Cc2ccc(Oc3ccnc4cc(C(=O)NC)c(OC)cc34)cc2OC)cn1. The van der Waals surface area contributed by atoms with Gasteiger partial charge in [-0.05, 0) is 31.2 Å². The van der Waals surface area contributed by atoms with Crippen LogP contribution in [0.2, 0.25) is 0 Å². The summed E-state index contributed by atoms with van der Waals surface area (Å²) in [7, 11) is 4.60. The molecule has 10 nitrogen and oxygen atoms in total. The second-order valence-corrected chi connectivity index (χ2v) is 7.84. The molecule has 2 N–H and O–H groups in total. The van der Waals surface area contributed by atoms with Crippen molar-refractivity contribution >= 4 is 28.4 Å². The average Bonchev–Trinajstić information content (AvgIpc) is 3.35. The standard InChI is InChI=1S/C26H27N5O5/c1-5-31-15-17(14-29-31)30-25(32)10-16-6-7-18(11-23(16)34-3)36-22-8-9-28-21-12-20(26(33)27-2)24(35-4)13-19(21)22/h6-9,11-15H,5,10H2,1-4H3,(H,27,33)(H,30,32). The zero-order valence-electron chi connectivity index (χ0n) is 20.5. The highest BCUT2D eigenvalue weighted by Crippen LogP contribution is 2.35. The predicted molar refractivity (Wildman–Crippen MR) is 135 cm³/mol. The number of methoxy groups -OCH3 is 2. The van der Waals surface area contributed by atoms with Crippen molar-refractivity contribution in [1.82, 2.24) is 20.1 Å². The number of nitrogens with zero attached hydrogens (tertiary/aromatic N) is 3. The van der Waals surface area contributed by atoms with Crippen LogP contribution in [0.25, 0.3) is 10.9 Å². The minimum Gasteiger partial charge on any atom is -0.496 e. The fraction of sp³-hybridized carbons (Fsp3) is 0.231. The van der Waals surface area contributed by atoms with Crippen molar-refractivity contribution < 1.29 is 23.8 Å². The van der Waals surface area contributed by atoms with Crippen LogP contribution >= 0.6 is 0 Å². The van der Waals surface area contributed by atoms with Gasteiger partial charge < -0.3 is 24.8 Å². The third kappa shape index (κ3) is 5.22. The summed E-state index contributed by atoms with van der Waals surface area (Å²) in [6.07, 6.45) is 5.12. The van der Waals surface area contributed by atoms with Gasteiger partial charge in [0.15, 0.2) is 0 Å². The summed E-state index contributed by atoms with van der Waals surface area (Å²) in [5.74, 6) is 1.51. The molecular formula is C26H27N5O5. The average molecular weight is 490 g/mol. The smallest absolute Gasteiger partial charge is 0.254 e. The molecule has 2 heterocycles. The minimum atomic E-state index is -0.273. The number of benzene rings is 2. The van der Waals surface area contributed by atoms with Crippen LogP contribution < -0.4 is 24.8 Å². The van der Waals surface area contributed by atoms with Gasteiger partial charge in [0, 0.05) is 43.0 Å². The number of aryl methyl sites for hydroxylation is 1. The number of ether oxygens (including phenoxy) is 3. The summed E-state index contributed by atoms with van der Waals surface area (Å²) in [4.78, 5) is 29.1. The summed E-state index contributed by atoms with van der Waals surface area (Å²) >= 11 is 0. The molecule has 2 amide bonds. The molecule has 0 saturated carbocycles. The van der Waals surface area contributed by atoms with Crippen molar-refractivity contribution in [2.75, 3.05) is 26.6 Å². The Morgan fingerprint density at radius 2 is 1.83 bits per heavy atom. The molecule has 0 aliphatic heterocycles. The number of rotatable bonds is 9. The van der Waals surface area contributed by atoms with E-state index in [0.717, 1.165) is 6.54 Å². The number of aromatic nitrogens is 3. The van der Waals surface area contributed by atoms with E-state index < -0.39 is 0 Å². The summed E-state index contributed by atoms with van der Waals surface area (Å²) < 4.78 is 18.8. The van der Waals surface area contributed by atoms with E-state index in [1.165, 1.54) is 7.11 Å². The predicted octanol–water partition coefficient (Wildman–Crippen LogP) is 3.80. The van der Waals surface area contributed by atoms with E-state index in [1.54, 1.807) is 73.8 Å². The Labute approximate surface area is 208 Å². The molecule has 0 unspecified atom stereocenters. The Kier molecular flexibility index (Phi) is 7.33. The minimum absolute atomic E-state index is 0.123. The first kappa shape index (κ1) is 24.5. The molecule has 0 spiro atoms. The van der Waals surface area contributed by atoms with Crippen molar-refractivity contribution in [2.45, 2.75) is 19.9 Å². The maximum Gasteiger partial charge on any atom is 0.254 e. The van der Waals surface area contributed by atoms with E-state index in [2.05, 4.69) is 20.7 Å². The first-order valence-electron chi connectivity index (χ1n) is 11.3. The van der Waals surface area contributed by atoms with E-state index in [1.807, 2.05) is 6.92 Å². The van der Waals surface area contributed by atoms with Crippen LogP contribution in [0.15, 0.2) is 55.0 Å². The number of carbonyl (C=O) groups is 2. The maximum absolute atomic E-state index is 12.5. The first-order valence-corrected chi connectivity index (χ1v) is 11.3. The molecule has 0 radical (unpaired) electrons. The largest absolute Gasteiger partial charge is 0.496 e. The number of hydrogen-bond acceptors (Lipinski definition) is 7. The molecule has 2 aromatic carbocycles. The molecule has 4 rings (SSSR count). The van der Waals surface area contributed by atoms with Gasteiger partial charge in [0.1, 0.15) is 23.0 Å². The topological polar surface area (TPSA) is 117 Å². The Hall–Kier alpha value is -4.60. The normalized spacial score (nSPS) is 10.7. The molecule has 10 heteroatoms. The lowest BCUT2D eigenvalue weighted by Gasteiger charge is -2.14. The molecule has 0 saturated heterocycles. The molecule has 0 aliphatic rings. The molecule has 4 aromatic rings. The Bertz CT molecular complexity index is 1420. The van der Waals surface area contributed by atoms with Crippen molar-refractivity contribution in [3.63, 3.8) is 0 Å². The molecule has 186 valence electrons. The number of hydrogen-bond donors (Lipinski definition) is 2. The highest BCUT2D eigenvalue weighted by atomic mass is 16.5. The fourth-order valence-corrected chi connectivity index (χ4v) is 3.76. The third-order valence-electron chi connectivity index (χ3n) is 5.57. The third-order valence-corrected chi connectivity index (χ3v) is 5.57. The van der Waals surface area contributed by atoms with Crippen LogP contribution in [-0.4, -0.2) is 47.8 Å². The summed E-state index contributed by atoms with van der Waals surface area (Å²) in [5, 5.41) is 10.3. The second kappa shape index (κ2) is 10.8. The van der Waals surface area contributed by atoms with Gasteiger partial charge >= 0.3 is 0 Å². The van der Waals surface area contributed by atoms with Gasteiger partial charge in [0.25, 0.3) is 5.91 Å². The number of fused-ring (bicyclic) bond motifs is 1. The molecule has 0 fully saturated rings. The Morgan fingerprint density at radius 1 is 1.03 bits per heavy atom. The van der Waals surface area contributed by atoms with Gasteiger partial charge in [0.2, 0.25) is 5.91 Å². The van der Waals surface area contributed by atoms with Crippen LogP contribution in [0.1, 0.15) is 22.8 Å². The number of nitrogens with one attached hydrogen (secondary N) is 2. The van der Waals surface area contributed by atoms with Gasteiger partial charge in [0.05, 0.1) is 43.6 Å². The Morgan fingerprint density at radius 3 is 2.53 bits per heavy atom. The van der Waals surface area contributed by atoms with Crippen LogP contribution in [0, 0.1) is 0 Å². The number of pyridine rings is 1. The monoisotopic (exact) mass is 489 g/mol. The summed E-state index contributed by atoms with van der Waals surface area (Å²) in [6.45, 7) is 2.69. The molecule has 0 atom stereocenters. The zero-order valence-corrected chi connectivity index (χ0v) is 20.5. The highest BCUT2D eigenvalue weighted by molar-refractivity contribution is 6.01. The van der Waals surface area contributed by atoms with E-state index in [4.69, 9.17) is 14.2 Å². The van der Waals surface area contributed by atoms with E-state index in [-0.39, 0.29) is 18.2 Å². The molecule has 36 heavy (non-hydrogen) atoms. The number of amides is 2. The van der Waals surface area contributed by atoms with Gasteiger partial charge in [-0.2, -0.15) is 5.10 Å². The van der Waals surface area contributed by atoms with Gasteiger partial charge in [-0.1, -0.05) is 6.07 Å². The van der Waals surface area contributed by atoms with Crippen molar-refractivity contribution in [1.29, 1.82) is 0 Å². The van der Waals surface area contributed by atoms with Crippen LogP contribution in [0.5, 0.6) is 23.0 Å². The quantitative estimate of drug-likeness (QED) is 0.367. The lowest BCUT2D eigenvalue weighted by atomic mass is 10.1. The maximum atomic E-state index is 12.5. The molecule has 0 aliphatic carbocycles. The Balaban J connectivity index is 1.56. The van der Waals surface area contributed by atoms with Crippen LogP contribution in [0.4, 0.5) is 5.69 Å². The fourth-order valence-electron chi connectivity index (χ4n) is 3.76.